The van der Waals surface area contributed by atoms with Gasteiger partial charge in [0.2, 0.25) is 0 Å². The van der Waals surface area contributed by atoms with Crippen LogP contribution in [0.4, 0.5) is 0 Å². The molecule has 0 aliphatic carbocycles. The van der Waals surface area contributed by atoms with E-state index >= 15 is 0 Å². The van der Waals surface area contributed by atoms with E-state index in [2.05, 4.69) is 0 Å². The molecule has 0 spiro atoms. The summed E-state index contributed by atoms with van der Waals surface area (Å²) in [4.78, 5) is 12.6. The summed E-state index contributed by atoms with van der Waals surface area (Å²) in [6.07, 6.45) is 4.13. The van der Waals surface area contributed by atoms with Gasteiger partial charge in [-0.1, -0.05) is 48.7 Å². The molecule has 2 rings (SSSR count). The van der Waals surface area contributed by atoms with Crippen LogP contribution in [0.2, 0.25) is 0 Å². The van der Waals surface area contributed by atoms with Gasteiger partial charge in [-0.05, 0) is 70.7 Å². The summed E-state index contributed by atoms with van der Waals surface area (Å²) in [6, 6.07) is 14.2. The van der Waals surface area contributed by atoms with E-state index in [-0.39, 0.29) is 17.5 Å². The second-order valence-electron chi connectivity index (χ2n) is 8.41. The van der Waals surface area contributed by atoms with Crippen molar-refractivity contribution < 1.29 is 22.1 Å². The zero-order valence-corrected chi connectivity index (χ0v) is 19.1. The van der Waals surface area contributed by atoms with Crippen LogP contribution in [0.3, 0.4) is 0 Å². The highest BCUT2D eigenvalue weighted by Gasteiger charge is 2.20. The lowest BCUT2D eigenvalue weighted by atomic mass is 10.0. The lowest BCUT2D eigenvalue weighted by molar-refractivity contribution is 0.00682. The largest absolute Gasteiger partial charge is 0.456 e. The van der Waals surface area contributed by atoms with Crippen molar-refractivity contribution in [3.05, 3.63) is 65.2 Å². The van der Waals surface area contributed by atoms with Crippen molar-refractivity contribution in [1.29, 1.82) is 0 Å². The van der Waals surface area contributed by atoms with Gasteiger partial charge in [-0.25, -0.2) is 4.79 Å². The number of hydrogen-bond donors (Lipinski definition) is 0. The summed E-state index contributed by atoms with van der Waals surface area (Å²) in [5, 5.41) is 0. The molecule has 2 aromatic carbocycles. The lowest BCUT2D eigenvalue weighted by Crippen LogP contribution is -2.24. The van der Waals surface area contributed by atoms with E-state index in [0.29, 0.717) is 12.0 Å². The molecule has 0 aliphatic heterocycles. The van der Waals surface area contributed by atoms with Crippen molar-refractivity contribution in [3.63, 3.8) is 0 Å². The molecule has 0 radical (unpaired) electrons. The molecule has 164 valence electrons. The van der Waals surface area contributed by atoms with E-state index in [1.807, 2.05) is 45.9 Å². The van der Waals surface area contributed by atoms with Crippen LogP contribution < -0.4 is 0 Å². The first-order valence-corrected chi connectivity index (χ1v) is 11.8. The van der Waals surface area contributed by atoms with Gasteiger partial charge >= 0.3 is 5.97 Å². The fourth-order valence-electron chi connectivity index (χ4n) is 2.98. The van der Waals surface area contributed by atoms with Crippen LogP contribution in [0, 0.1) is 6.92 Å². The van der Waals surface area contributed by atoms with Crippen molar-refractivity contribution in [2.24, 2.45) is 0 Å². The number of benzene rings is 2. The summed E-state index contributed by atoms with van der Waals surface area (Å²) < 4.78 is 34.9. The second kappa shape index (κ2) is 10.7. The van der Waals surface area contributed by atoms with E-state index in [9.17, 15) is 13.2 Å². The predicted octanol–water partition coefficient (Wildman–Crippen LogP) is 5.46. The highest BCUT2D eigenvalue weighted by Crippen LogP contribution is 2.18. The van der Waals surface area contributed by atoms with Crippen LogP contribution in [-0.4, -0.2) is 26.6 Å². The standard InChI is InChI=1S/C24H32O5S/c1-19-14-16-21(17-15-19)30(26,27)28-18-10-6-5-7-11-20-12-8-9-13-22(20)23(25)29-24(2,3)4/h8-9,12-17H,5-7,10-11,18H2,1-4H3. The number of unbranched alkanes of at least 4 members (excludes halogenated alkanes) is 3. The fourth-order valence-corrected chi connectivity index (χ4v) is 3.93. The van der Waals surface area contributed by atoms with Gasteiger partial charge in [-0.15, -0.1) is 0 Å². The zero-order valence-electron chi connectivity index (χ0n) is 18.3. The molecule has 0 heterocycles. The van der Waals surface area contributed by atoms with Crippen molar-refractivity contribution in [3.8, 4) is 0 Å². The van der Waals surface area contributed by atoms with Gasteiger partial charge in [-0.3, -0.25) is 4.18 Å². The van der Waals surface area contributed by atoms with E-state index < -0.39 is 15.7 Å². The molecule has 0 saturated carbocycles. The maximum atomic E-state index is 12.4. The second-order valence-corrected chi connectivity index (χ2v) is 10.0. The highest BCUT2D eigenvalue weighted by molar-refractivity contribution is 7.86. The summed E-state index contributed by atoms with van der Waals surface area (Å²) >= 11 is 0. The van der Waals surface area contributed by atoms with Crippen molar-refractivity contribution in [2.45, 2.75) is 70.3 Å². The molecule has 0 aromatic heterocycles. The van der Waals surface area contributed by atoms with Crippen LogP contribution in [0.25, 0.3) is 0 Å². The number of ether oxygens (including phenoxy) is 1. The predicted molar refractivity (Wildman–Crippen MR) is 118 cm³/mol. The lowest BCUT2D eigenvalue weighted by Gasteiger charge is -2.20. The highest BCUT2D eigenvalue weighted by atomic mass is 32.2. The Labute approximate surface area is 180 Å². The number of hydrogen-bond acceptors (Lipinski definition) is 5. The molecule has 0 saturated heterocycles. The average Bonchev–Trinajstić information content (AvgIpc) is 2.66. The Morgan fingerprint density at radius 2 is 1.53 bits per heavy atom. The van der Waals surface area contributed by atoms with Crippen molar-refractivity contribution >= 4 is 16.1 Å². The minimum absolute atomic E-state index is 0.171. The van der Waals surface area contributed by atoms with Crippen LogP contribution in [0.1, 0.15) is 67.9 Å². The average molecular weight is 433 g/mol. The van der Waals surface area contributed by atoms with Crippen LogP contribution in [0.15, 0.2) is 53.4 Å². The zero-order chi connectivity index (χ0) is 22.2. The number of aryl methyl sites for hydroxylation is 2. The van der Waals surface area contributed by atoms with E-state index in [4.69, 9.17) is 8.92 Å². The van der Waals surface area contributed by atoms with Crippen molar-refractivity contribution in [1.82, 2.24) is 0 Å². The van der Waals surface area contributed by atoms with Gasteiger partial charge in [0.15, 0.2) is 0 Å². The van der Waals surface area contributed by atoms with Gasteiger partial charge in [0.25, 0.3) is 10.1 Å². The number of esters is 1. The van der Waals surface area contributed by atoms with Crippen LogP contribution in [0.5, 0.6) is 0 Å². The number of carbonyl (C=O) groups is 1. The van der Waals surface area contributed by atoms with E-state index in [1.54, 1.807) is 30.3 Å². The minimum atomic E-state index is -3.69. The van der Waals surface area contributed by atoms with E-state index in [1.165, 1.54) is 0 Å². The summed E-state index contributed by atoms with van der Waals surface area (Å²) in [5.41, 5.74) is 2.07. The molecule has 5 nitrogen and oxygen atoms in total. The summed E-state index contributed by atoms with van der Waals surface area (Å²) in [7, 11) is -3.69. The van der Waals surface area contributed by atoms with Gasteiger partial charge < -0.3 is 4.74 Å². The third-order valence-corrected chi connectivity index (χ3v) is 5.85. The smallest absolute Gasteiger partial charge is 0.338 e. The third-order valence-electron chi connectivity index (χ3n) is 4.52. The SMILES string of the molecule is Cc1ccc(S(=O)(=O)OCCCCCCc2ccccc2C(=O)OC(C)(C)C)cc1. The first-order chi connectivity index (χ1) is 14.1. The first-order valence-electron chi connectivity index (χ1n) is 10.4. The summed E-state index contributed by atoms with van der Waals surface area (Å²) in [5.74, 6) is -0.298. The third kappa shape index (κ3) is 7.92. The molecule has 0 atom stereocenters. The number of carbonyl (C=O) groups excluding carboxylic acids is 1. The molecule has 30 heavy (non-hydrogen) atoms. The quantitative estimate of drug-likeness (QED) is 0.283. The van der Waals surface area contributed by atoms with Gasteiger partial charge in [-0.2, -0.15) is 8.42 Å². The Kier molecular flexibility index (Phi) is 8.62. The Morgan fingerprint density at radius 1 is 0.900 bits per heavy atom. The molecule has 0 N–H and O–H groups in total. The molecule has 6 heteroatoms. The molecule has 2 aromatic rings. The Hall–Kier alpha value is -2.18. The van der Waals surface area contributed by atoms with Gasteiger partial charge in [0.1, 0.15) is 5.60 Å². The Bertz CT molecular complexity index is 925. The Morgan fingerprint density at radius 3 is 2.20 bits per heavy atom. The Balaban J connectivity index is 1.73. The van der Waals surface area contributed by atoms with Crippen molar-refractivity contribution in [2.75, 3.05) is 6.61 Å². The number of rotatable bonds is 10. The summed E-state index contributed by atoms with van der Waals surface area (Å²) in [6.45, 7) is 7.64. The maximum Gasteiger partial charge on any atom is 0.338 e. The molecular weight excluding hydrogens is 400 g/mol. The topological polar surface area (TPSA) is 69.7 Å². The first kappa shape index (κ1) is 24.1. The van der Waals surface area contributed by atoms with Crippen LogP contribution in [-0.2, 0) is 25.5 Å². The molecular formula is C24H32O5S. The molecule has 0 bridgehead atoms. The maximum absolute atomic E-state index is 12.4. The van der Waals surface area contributed by atoms with Gasteiger partial charge in [0, 0.05) is 0 Å². The molecule has 0 fully saturated rings. The van der Waals surface area contributed by atoms with Crippen LogP contribution >= 0.6 is 0 Å². The van der Waals surface area contributed by atoms with Gasteiger partial charge in [0.05, 0.1) is 17.1 Å². The van der Waals surface area contributed by atoms with E-state index in [0.717, 1.165) is 36.8 Å². The minimum Gasteiger partial charge on any atom is -0.456 e. The molecule has 0 aliphatic rings. The normalized spacial score (nSPS) is 12.0. The molecule has 0 unspecified atom stereocenters. The fraction of sp³-hybridized carbons (Fsp3) is 0.458. The monoisotopic (exact) mass is 432 g/mol. The molecule has 0 amide bonds.